The summed E-state index contributed by atoms with van der Waals surface area (Å²) < 4.78 is 10.4. The molecule has 0 radical (unpaired) electrons. The number of nitrogens with zero attached hydrogens (tertiary/aromatic N) is 1. The molecule has 0 aromatic heterocycles. The Morgan fingerprint density at radius 3 is 2.04 bits per heavy atom. The van der Waals surface area contributed by atoms with E-state index in [1.165, 1.54) is 28.1 Å². The van der Waals surface area contributed by atoms with Crippen LogP contribution in [0.5, 0.6) is 11.5 Å². The number of nitrogens with one attached hydrogen (secondary N) is 1. The zero-order valence-electron chi connectivity index (χ0n) is 16.1. The number of methoxy groups -OCH3 is 2. The molecule has 8 heteroatoms. The summed E-state index contributed by atoms with van der Waals surface area (Å²) in [6, 6.07) is 5.00. The zero-order chi connectivity index (χ0) is 20.2. The van der Waals surface area contributed by atoms with Crippen molar-refractivity contribution in [1.29, 1.82) is 0 Å². The maximum atomic E-state index is 12.8. The fourth-order valence-corrected chi connectivity index (χ4v) is 2.92. The number of amides is 2. The molecule has 2 N–H and O–H groups in total. The Balaban J connectivity index is 2.00. The van der Waals surface area contributed by atoms with Gasteiger partial charge in [-0.25, -0.2) is 4.79 Å². The molecule has 2 rings (SSSR count). The van der Waals surface area contributed by atoms with E-state index in [-0.39, 0.29) is 17.7 Å². The van der Waals surface area contributed by atoms with E-state index >= 15 is 0 Å². The SMILES string of the molecule is COc1cc(OC)cc(C(=O)N2CCC(C(=O)NC(C)(C)C(=O)O)CC2)c1. The number of carboxylic acid groups (broad SMARTS) is 1. The van der Waals surface area contributed by atoms with Gasteiger partial charge in [-0.3, -0.25) is 9.59 Å². The van der Waals surface area contributed by atoms with E-state index in [4.69, 9.17) is 14.6 Å². The Labute approximate surface area is 158 Å². The van der Waals surface area contributed by atoms with Crippen molar-refractivity contribution < 1.29 is 29.0 Å². The van der Waals surface area contributed by atoms with Crippen LogP contribution in [0.1, 0.15) is 37.0 Å². The van der Waals surface area contributed by atoms with Crippen molar-refractivity contribution in [3.8, 4) is 11.5 Å². The van der Waals surface area contributed by atoms with Crippen LogP contribution in [0.25, 0.3) is 0 Å². The maximum absolute atomic E-state index is 12.8. The van der Waals surface area contributed by atoms with Gasteiger partial charge in [-0.1, -0.05) is 0 Å². The summed E-state index contributed by atoms with van der Waals surface area (Å²) in [5, 5.41) is 11.7. The van der Waals surface area contributed by atoms with Crippen LogP contribution in [-0.2, 0) is 9.59 Å². The van der Waals surface area contributed by atoms with Crippen LogP contribution in [0, 0.1) is 5.92 Å². The Morgan fingerprint density at radius 2 is 1.59 bits per heavy atom. The molecule has 2 amide bonds. The van der Waals surface area contributed by atoms with Crippen LogP contribution >= 0.6 is 0 Å². The van der Waals surface area contributed by atoms with Gasteiger partial charge in [0.2, 0.25) is 5.91 Å². The van der Waals surface area contributed by atoms with E-state index in [1.54, 1.807) is 23.1 Å². The van der Waals surface area contributed by atoms with Crippen molar-refractivity contribution in [2.45, 2.75) is 32.2 Å². The molecule has 0 spiro atoms. The smallest absolute Gasteiger partial charge is 0.328 e. The molecular weight excluding hydrogens is 352 g/mol. The van der Waals surface area contributed by atoms with Crippen LogP contribution in [0.3, 0.4) is 0 Å². The second kappa shape index (κ2) is 8.28. The average molecular weight is 378 g/mol. The third-order valence-electron chi connectivity index (χ3n) is 4.72. The number of carboxylic acids is 1. The second-order valence-corrected chi connectivity index (χ2v) is 7.09. The monoisotopic (exact) mass is 378 g/mol. The van der Waals surface area contributed by atoms with E-state index in [9.17, 15) is 14.4 Å². The van der Waals surface area contributed by atoms with Gasteiger partial charge in [-0.05, 0) is 38.8 Å². The van der Waals surface area contributed by atoms with E-state index in [1.807, 2.05) is 0 Å². The number of aliphatic carboxylic acids is 1. The van der Waals surface area contributed by atoms with Crippen LogP contribution < -0.4 is 14.8 Å². The summed E-state index contributed by atoms with van der Waals surface area (Å²) >= 11 is 0. The number of benzene rings is 1. The molecule has 1 fully saturated rings. The summed E-state index contributed by atoms with van der Waals surface area (Å²) in [5.74, 6) is -0.789. The lowest BCUT2D eigenvalue weighted by atomic mass is 9.93. The van der Waals surface area contributed by atoms with Crippen molar-refractivity contribution in [3.63, 3.8) is 0 Å². The fourth-order valence-electron chi connectivity index (χ4n) is 2.92. The zero-order valence-corrected chi connectivity index (χ0v) is 16.1. The Hall–Kier alpha value is -2.77. The number of likely N-dealkylation sites (tertiary alicyclic amines) is 1. The summed E-state index contributed by atoms with van der Waals surface area (Å²) in [6.45, 7) is 3.73. The number of carbonyl (C=O) groups is 3. The largest absolute Gasteiger partial charge is 0.497 e. The van der Waals surface area contributed by atoms with Crippen LogP contribution in [0.15, 0.2) is 18.2 Å². The molecule has 1 aromatic carbocycles. The van der Waals surface area contributed by atoms with Crippen LogP contribution in [0.4, 0.5) is 0 Å². The molecule has 0 bridgehead atoms. The van der Waals surface area contributed by atoms with Gasteiger partial charge in [-0.2, -0.15) is 0 Å². The summed E-state index contributed by atoms with van der Waals surface area (Å²) in [5.41, 5.74) is -0.859. The lowest BCUT2D eigenvalue weighted by Gasteiger charge is -2.33. The Kier molecular flexibility index (Phi) is 6.30. The highest BCUT2D eigenvalue weighted by Gasteiger charge is 2.34. The van der Waals surface area contributed by atoms with Gasteiger partial charge in [0, 0.05) is 30.6 Å². The normalized spacial score (nSPS) is 15.2. The van der Waals surface area contributed by atoms with Gasteiger partial charge in [0.05, 0.1) is 14.2 Å². The molecule has 0 aliphatic carbocycles. The van der Waals surface area contributed by atoms with Crippen LogP contribution in [0.2, 0.25) is 0 Å². The summed E-state index contributed by atoms with van der Waals surface area (Å²) in [7, 11) is 3.04. The first-order valence-electron chi connectivity index (χ1n) is 8.75. The molecule has 0 unspecified atom stereocenters. The number of rotatable bonds is 6. The predicted molar refractivity (Wildman–Crippen MR) is 98.0 cm³/mol. The molecule has 1 saturated heterocycles. The third kappa shape index (κ3) is 4.90. The Bertz CT molecular complexity index is 701. The van der Waals surface area contributed by atoms with Crippen molar-refractivity contribution in [2.75, 3.05) is 27.3 Å². The molecule has 1 heterocycles. The van der Waals surface area contributed by atoms with E-state index in [0.717, 1.165) is 0 Å². The number of piperidine rings is 1. The van der Waals surface area contributed by atoms with Gasteiger partial charge < -0.3 is 24.8 Å². The van der Waals surface area contributed by atoms with Gasteiger partial charge in [-0.15, -0.1) is 0 Å². The van der Waals surface area contributed by atoms with E-state index < -0.39 is 11.5 Å². The Morgan fingerprint density at radius 1 is 1.07 bits per heavy atom. The highest BCUT2D eigenvalue weighted by molar-refractivity contribution is 5.95. The molecule has 1 aliphatic heterocycles. The first-order valence-corrected chi connectivity index (χ1v) is 8.75. The number of hydrogen-bond acceptors (Lipinski definition) is 5. The van der Waals surface area contributed by atoms with Gasteiger partial charge in [0.15, 0.2) is 0 Å². The molecule has 148 valence electrons. The number of hydrogen-bond donors (Lipinski definition) is 2. The standard InChI is InChI=1S/C19H26N2O6/c1-19(2,18(24)25)20-16(22)12-5-7-21(8-6-12)17(23)13-9-14(26-3)11-15(10-13)27-4/h9-12H,5-8H2,1-4H3,(H,20,22)(H,24,25). The topological polar surface area (TPSA) is 105 Å². The van der Waals surface area contributed by atoms with E-state index in [0.29, 0.717) is 43.0 Å². The third-order valence-corrected chi connectivity index (χ3v) is 4.72. The summed E-state index contributed by atoms with van der Waals surface area (Å²) in [4.78, 5) is 37.9. The minimum atomic E-state index is -1.32. The number of carbonyl (C=O) groups excluding carboxylic acids is 2. The van der Waals surface area contributed by atoms with Crippen molar-refractivity contribution in [3.05, 3.63) is 23.8 Å². The molecule has 8 nitrogen and oxygen atoms in total. The van der Waals surface area contributed by atoms with Crippen molar-refractivity contribution in [2.24, 2.45) is 5.92 Å². The fraction of sp³-hybridized carbons (Fsp3) is 0.526. The van der Waals surface area contributed by atoms with Gasteiger partial charge in [0.25, 0.3) is 5.91 Å². The first kappa shape index (κ1) is 20.5. The van der Waals surface area contributed by atoms with Crippen molar-refractivity contribution >= 4 is 17.8 Å². The van der Waals surface area contributed by atoms with Gasteiger partial charge >= 0.3 is 5.97 Å². The summed E-state index contributed by atoms with van der Waals surface area (Å²) in [6.07, 6.45) is 0.961. The molecule has 27 heavy (non-hydrogen) atoms. The maximum Gasteiger partial charge on any atom is 0.328 e. The predicted octanol–water partition coefficient (Wildman–Crippen LogP) is 1.54. The molecule has 1 aliphatic rings. The van der Waals surface area contributed by atoms with Crippen molar-refractivity contribution in [1.82, 2.24) is 10.2 Å². The lowest BCUT2D eigenvalue weighted by Crippen LogP contribution is -2.53. The van der Waals surface area contributed by atoms with E-state index in [2.05, 4.69) is 5.32 Å². The highest BCUT2D eigenvalue weighted by atomic mass is 16.5. The highest BCUT2D eigenvalue weighted by Crippen LogP contribution is 2.25. The minimum absolute atomic E-state index is 0.156. The lowest BCUT2D eigenvalue weighted by molar-refractivity contribution is -0.146. The molecule has 0 saturated carbocycles. The molecule has 0 atom stereocenters. The quantitative estimate of drug-likeness (QED) is 0.778. The van der Waals surface area contributed by atoms with Crippen LogP contribution in [-0.4, -0.2) is 60.6 Å². The molecule has 1 aromatic rings. The average Bonchev–Trinajstić information content (AvgIpc) is 2.66. The minimum Gasteiger partial charge on any atom is -0.497 e. The number of ether oxygens (including phenoxy) is 2. The second-order valence-electron chi connectivity index (χ2n) is 7.09. The molecular formula is C19H26N2O6. The van der Waals surface area contributed by atoms with Gasteiger partial charge in [0.1, 0.15) is 17.0 Å². The first-order chi connectivity index (χ1) is 12.7.